The van der Waals surface area contributed by atoms with E-state index in [9.17, 15) is 10.1 Å². The lowest BCUT2D eigenvalue weighted by Gasteiger charge is -2.23. The Morgan fingerprint density at radius 2 is 1.56 bits per heavy atom. The van der Waals surface area contributed by atoms with Gasteiger partial charge in [0.2, 0.25) is 0 Å². The van der Waals surface area contributed by atoms with Gasteiger partial charge in [-0.1, -0.05) is 51.9 Å². The van der Waals surface area contributed by atoms with Crippen LogP contribution in [0.2, 0.25) is 0 Å². The minimum absolute atomic E-state index is 0.112. The van der Waals surface area contributed by atoms with Crippen molar-refractivity contribution in [2.24, 2.45) is 0 Å². The van der Waals surface area contributed by atoms with E-state index in [1.54, 1.807) is 12.1 Å². The molecule has 0 radical (unpaired) electrons. The van der Waals surface area contributed by atoms with Crippen molar-refractivity contribution in [3.05, 3.63) is 28.3 Å². The molecule has 0 unspecified atom stereocenters. The van der Waals surface area contributed by atoms with Gasteiger partial charge in [0, 0.05) is 25.2 Å². The second-order valence-electron chi connectivity index (χ2n) is 6.40. The Kier molecular flexibility index (Phi) is 10.7. The molecular weight excluding hydrogens is 316 g/mol. The van der Waals surface area contributed by atoms with E-state index in [4.69, 9.17) is 4.74 Å². The molecule has 0 saturated carbocycles. The minimum Gasteiger partial charge on any atom is -0.491 e. The first-order valence-electron chi connectivity index (χ1n) is 9.80. The van der Waals surface area contributed by atoms with Crippen molar-refractivity contribution < 1.29 is 9.66 Å². The van der Waals surface area contributed by atoms with Gasteiger partial charge in [0.15, 0.2) is 0 Å². The van der Waals surface area contributed by atoms with Crippen LogP contribution in [0.25, 0.3) is 0 Å². The van der Waals surface area contributed by atoms with E-state index in [0.29, 0.717) is 6.61 Å². The average molecular weight is 351 g/mol. The largest absolute Gasteiger partial charge is 0.491 e. The third kappa shape index (κ3) is 7.76. The van der Waals surface area contributed by atoms with E-state index >= 15 is 0 Å². The van der Waals surface area contributed by atoms with Gasteiger partial charge in [0.1, 0.15) is 5.75 Å². The van der Waals surface area contributed by atoms with Crippen LogP contribution in [-0.2, 0) is 0 Å². The normalized spacial score (nSPS) is 10.7. The van der Waals surface area contributed by atoms with Crippen LogP contribution < -0.4 is 9.64 Å². The molecule has 0 spiro atoms. The number of ether oxygens (including phenoxy) is 1. The van der Waals surface area contributed by atoms with Gasteiger partial charge in [0.05, 0.1) is 17.2 Å². The molecular formula is C20H34N2O3. The fraction of sp³-hybridized carbons (Fsp3) is 0.700. The minimum atomic E-state index is -0.352. The van der Waals surface area contributed by atoms with Crippen LogP contribution in [0.3, 0.4) is 0 Å². The molecule has 0 aliphatic carbocycles. The molecule has 142 valence electrons. The number of nitro groups is 1. The van der Waals surface area contributed by atoms with Gasteiger partial charge in [-0.2, -0.15) is 0 Å². The van der Waals surface area contributed by atoms with E-state index in [-0.39, 0.29) is 10.6 Å². The van der Waals surface area contributed by atoms with Crippen LogP contribution in [-0.4, -0.2) is 24.6 Å². The first kappa shape index (κ1) is 21.3. The summed E-state index contributed by atoms with van der Waals surface area (Å²) in [5, 5.41) is 11.0. The molecule has 0 aliphatic heterocycles. The zero-order valence-electron chi connectivity index (χ0n) is 16.1. The third-order valence-corrected chi connectivity index (χ3v) is 4.51. The molecule has 0 amide bonds. The summed E-state index contributed by atoms with van der Waals surface area (Å²) < 4.78 is 5.94. The summed E-state index contributed by atoms with van der Waals surface area (Å²) in [5.74, 6) is 0.747. The first-order valence-corrected chi connectivity index (χ1v) is 9.80. The number of anilines is 1. The summed E-state index contributed by atoms with van der Waals surface area (Å²) in [5.41, 5.74) is 0.931. The van der Waals surface area contributed by atoms with Gasteiger partial charge in [-0.3, -0.25) is 10.1 Å². The highest BCUT2D eigenvalue weighted by molar-refractivity contribution is 5.63. The van der Waals surface area contributed by atoms with Gasteiger partial charge in [-0.25, -0.2) is 0 Å². The SMILES string of the molecule is CCCCCCCCCCOc1ccc([N+](=O)[O-])cc1N(CC)CC. The summed E-state index contributed by atoms with van der Waals surface area (Å²) in [7, 11) is 0. The fourth-order valence-electron chi connectivity index (χ4n) is 2.97. The fourth-order valence-corrected chi connectivity index (χ4v) is 2.97. The van der Waals surface area contributed by atoms with Crippen LogP contribution in [0.4, 0.5) is 11.4 Å². The molecule has 0 atom stereocenters. The predicted molar refractivity (Wildman–Crippen MR) is 105 cm³/mol. The average Bonchev–Trinajstić information content (AvgIpc) is 2.62. The maximum absolute atomic E-state index is 11.0. The maximum atomic E-state index is 11.0. The molecule has 1 aromatic rings. The van der Waals surface area contributed by atoms with Crippen molar-refractivity contribution in [3.63, 3.8) is 0 Å². The maximum Gasteiger partial charge on any atom is 0.271 e. The lowest BCUT2D eigenvalue weighted by atomic mass is 10.1. The van der Waals surface area contributed by atoms with Crippen molar-refractivity contribution in [1.82, 2.24) is 0 Å². The van der Waals surface area contributed by atoms with Crippen LogP contribution >= 0.6 is 0 Å². The predicted octanol–water partition coefficient (Wildman–Crippen LogP) is 5.96. The lowest BCUT2D eigenvalue weighted by Crippen LogP contribution is -2.22. The molecule has 0 saturated heterocycles. The zero-order valence-corrected chi connectivity index (χ0v) is 16.1. The van der Waals surface area contributed by atoms with E-state index in [1.807, 2.05) is 13.8 Å². The van der Waals surface area contributed by atoms with Gasteiger partial charge in [-0.15, -0.1) is 0 Å². The molecule has 0 N–H and O–H groups in total. The van der Waals surface area contributed by atoms with Gasteiger partial charge < -0.3 is 9.64 Å². The molecule has 5 nitrogen and oxygen atoms in total. The number of hydrogen-bond donors (Lipinski definition) is 0. The topological polar surface area (TPSA) is 55.6 Å². The molecule has 1 rings (SSSR count). The van der Waals surface area contributed by atoms with E-state index < -0.39 is 0 Å². The number of non-ortho nitro benzene ring substituents is 1. The Hall–Kier alpha value is -1.78. The standard InChI is InChI=1S/C20H34N2O3/c1-4-7-8-9-10-11-12-13-16-25-20-15-14-18(22(23)24)17-19(20)21(5-2)6-3/h14-15,17H,4-13,16H2,1-3H3. The third-order valence-electron chi connectivity index (χ3n) is 4.51. The highest BCUT2D eigenvalue weighted by Gasteiger charge is 2.15. The Morgan fingerprint density at radius 1 is 0.960 bits per heavy atom. The summed E-state index contributed by atoms with van der Waals surface area (Å²) in [4.78, 5) is 12.8. The lowest BCUT2D eigenvalue weighted by molar-refractivity contribution is -0.384. The van der Waals surface area contributed by atoms with Crippen molar-refractivity contribution in [3.8, 4) is 5.75 Å². The van der Waals surface area contributed by atoms with Crippen LogP contribution in [0.5, 0.6) is 5.75 Å². The molecule has 0 bridgehead atoms. The number of nitro benzene ring substituents is 1. The molecule has 1 aromatic carbocycles. The molecule has 0 heterocycles. The smallest absolute Gasteiger partial charge is 0.271 e. The number of benzene rings is 1. The molecule has 0 fully saturated rings. The molecule has 25 heavy (non-hydrogen) atoms. The highest BCUT2D eigenvalue weighted by atomic mass is 16.6. The Morgan fingerprint density at radius 3 is 2.12 bits per heavy atom. The summed E-state index contributed by atoms with van der Waals surface area (Å²) in [6.07, 6.45) is 10.1. The first-order chi connectivity index (χ1) is 12.1. The second kappa shape index (κ2) is 12.6. The van der Waals surface area contributed by atoms with Gasteiger partial charge >= 0.3 is 0 Å². The quantitative estimate of drug-likeness (QED) is 0.236. The number of nitrogens with zero attached hydrogens (tertiary/aromatic N) is 2. The van der Waals surface area contributed by atoms with Gasteiger partial charge in [0.25, 0.3) is 5.69 Å². The molecule has 5 heteroatoms. The molecule has 0 aromatic heterocycles. The van der Waals surface area contributed by atoms with E-state index in [1.165, 1.54) is 51.0 Å². The van der Waals surface area contributed by atoms with Crippen molar-refractivity contribution in [2.45, 2.75) is 72.1 Å². The Bertz CT molecular complexity index is 502. The van der Waals surface area contributed by atoms with Crippen molar-refractivity contribution in [2.75, 3.05) is 24.6 Å². The van der Waals surface area contributed by atoms with Crippen LogP contribution in [0, 0.1) is 10.1 Å². The monoisotopic (exact) mass is 350 g/mol. The number of hydrogen-bond acceptors (Lipinski definition) is 4. The summed E-state index contributed by atoms with van der Waals surface area (Å²) in [6, 6.07) is 4.88. The van der Waals surface area contributed by atoms with Crippen LogP contribution in [0.15, 0.2) is 18.2 Å². The van der Waals surface area contributed by atoms with Crippen molar-refractivity contribution in [1.29, 1.82) is 0 Å². The Balaban J connectivity index is 2.47. The Labute approximate surface area is 152 Å². The summed E-state index contributed by atoms with van der Waals surface area (Å²) >= 11 is 0. The second-order valence-corrected chi connectivity index (χ2v) is 6.40. The van der Waals surface area contributed by atoms with E-state index in [2.05, 4.69) is 11.8 Å². The zero-order chi connectivity index (χ0) is 18.5. The summed E-state index contributed by atoms with van der Waals surface area (Å²) in [6.45, 7) is 8.59. The number of unbranched alkanes of at least 4 members (excludes halogenated alkanes) is 7. The van der Waals surface area contributed by atoms with Crippen LogP contribution in [0.1, 0.15) is 72.1 Å². The van der Waals surface area contributed by atoms with Crippen molar-refractivity contribution >= 4 is 11.4 Å². The molecule has 0 aliphatic rings. The number of rotatable bonds is 14. The van der Waals surface area contributed by atoms with Gasteiger partial charge in [-0.05, 0) is 26.3 Å². The van der Waals surface area contributed by atoms with E-state index in [0.717, 1.165) is 30.9 Å². The highest BCUT2D eigenvalue weighted by Crippen LogP contribution is 2.32.